The molecule has 7 heteroatoms. The molecule has 0 bridgehead atoms. The lowest BCUT2D eigenvalue weighted by atomic mass is 9.99. The van der Waals surface area contributed by atoms with Crippen LogP contribution in [0.5, 0.6) is 0 Å². The number of aryl methyl sites for hydroxylation is 1. The molecule has 0 unspecified atom stereocenters. The summed E-state index contributed by atoms with van der Waals surface area (Å²) in [5.74, 6) is 1.21. The van der Waals surface area contributed by atoms with Crippen molar-refractivity contribution in [2.75, 3.05) is 18.4 Å². The molecule has 122 valence electrons. The predicted molar refractivity (Wildman–Crippen MR) is 87.3 cm³/mol. The molecule has 3 heterocycles. The Kier molecular flexibility index (Phi) is 4.93. The summed E-state index contributed by atoms with van der Waals surface area (Å²) in [5.41, 5.74) is 0.902. The van der Waals surface area contributed by atoms with Gasteiger partial charge in [-0.15, -0.1) is 0 Å². The van der Waals surface area contributed by atoms with Gasteiger partial charge in [0.1, 0.15) is 17.3 Å². The first-order chi connectivity index (χ1) is 11.1. The van der Waals surface area contributed by atoms with Gasteiger partial charge in [-0.3, -0.25) is 9.69 Å². The van der Waals surface area contributed by atoms with Gasteiger partial charge in [0.05, 0.1) is 17.6 Å². The number of piperidine rings is 1. The fourth-order valence-electron chi connectivity index (χ4n) is 2.87. The molecule has 23 heavy (non-hydrogen) atoms. The summed E-state index contributed by atoms with van der Waals surface area (Å²) in [4.78, 5) is 18.5. The number of carbonyl (C=O) groups is 1. The van der Waals surface area contributed by atoms with Crippen molar-refractivity contribution >= 4 is 23.3 Å². The maximum atomic E-state index is 12.3. The van der Waals surface area contributed by atoms with Gasteiger partial charge in [0.25, 0.3) is 0 Å². The smallest absolute Gasteiger partial charge is 0.239 e. The Balaban J connectivity index is 1.64. The molecular weight excluding hydrogens is 316 g/mol. The number of hydrogen-bond acceptors (Lipinski definition) is 5. The van der Waals surface area contributed by atoms with E-state index < -0.39 is 0 Å². The highest BCUT2D eigenvalue weighted by molar-refractivity contribution is 6.30. The van der Waals surface area contributed by atoms with E-state index in [2.05, 4.69) is 20.4 Å². The maximum absolute atomic E-state index is 12.3. The van der Waals surface area contributed by atoms with Gasteiger partial charge in [-0.2, -0.15) is 0 Å². The van der Waals surface area contributed by atoms with Crippen molar-refractivity contribution in [1.29, 1.82) is 0 Å². The molecule has 1 amide bonds. The van der Waals surface area contributed by atoms with Gasteiger partial charge >= 0.3 is 0 Å². The van der Waals surface area contributed by atoms with Gasteiger partial charge in [0.15, 0.2) is 0 Å². The van der Waals surface area contributed by atoms with Crippen molar-refractivity contribution in [3.05, 3.63) is 40.9 Å². The molecule has 1 saturated heterocycles. The van der Waals surface area contributed by atoms with E-state index in [-0.39, 0.29) is 11.9 Å². The van der Waals surface area contributed by atoms with Gasteiger partial charge in [-0.05, 0) is 38.4 Å². The number of amides is 1. The normalized spacial score (nSPS) is 18.8. The summed E-state index contributed by atoms with van der Waals surface area (Å²) in [6.45, 7) is 3.06. The largest absolute Gasteiger partial charge is 0.361 e. The van der Waals surface area contributed by atoms with Crippen LogP contribution in [-0.4, -0.2) is 34.0 Å². The topological polar surface area (TPSA) is 71.3 Å². The van der Waals surface area contributed by atoms with E-state index in [1.807, 2.05) is 13.0 Å². The monoisotopic (exact) mass is 334 g/mol. The highest BCUT2D eigenvalue weighted by atomic mass is 35.5. The molecule has 0 aliphatic carbocycles. The lowest BCUT2D eigenvalue weighted by Gasteiger charge is -2.33. The standard InChI is InChI=1S/C16H19ClN4O2/c1-11-8-13(20-23-11)14-4-2-3-7-21(14)10-16(22)19-15-6-5-12(17)9-18-15/h5-6,8-9,14H,2-4,7,10H2,1H3,(H,18,19,22)/t14-/m1/s1. The number of hydrogen-bond donors (Lipinski definition) is 1. The minimum absolute atomic E-state index is 0.0908. The number of pyridine rings is 1. The first-order valence-electron chi connectivity index (χ1n) is 7.70. The number of nitrogens with zero attached hydrogens (tertiary/aromatic N) is 3. The molecule has 0 saturated carbocycles. The zero-order valence-corrected chi connectivity index (χ0v) is 13.7. The summed E-state index contributed by atoms with van der Waals surface area (Å²) in [7, 11) is 0. The third-order valence-corrected chi connectivity index (χ3v) is 4.17. The summed E-state index contributed by atoms with van der Waals surface area (Å²) in [5, 5.41) is 7.46. The molecule has 0 radical (unpaired) electrons. The third-order valence-electron chi connectivity index (χ3n) is 3.94. The summed E-state index contributed by atoms with van der Waals surface area (Å²) in [6.07, 6.45) is 4.71. The van der Waals surface area contributed by atoms with Crippen LogP contribution in [0, 0.1) is 6.92 Å². The summed E-state index contributed by atoms with van der Waals surface area (Å²) in [6, 6.07) is 5.47. The lowest BCUT2D eigenvalue weighted by molar-refractivity contribution is -0.118. The number of carbonyl (C=O) groups excluding carboxylic acids is 1. The van der Waals surface area contributed by atoms with E-state index in [1.165, 1.54) is 6.20 Å². The van der Waals surface area contributed by atoms with Crippen LogP contribution in [0.25, 0.3) is 0 Å². The Morgan fingerprint density at radius 2 is 2.35 bits per heavy atom. The first kappa shape index (κ1) is 16.0. The SMILES string of the molecule is Cc1cc([C@H]2CCCCN2CC(=O)Nc2ccc(Cl)cn2)no1. The van der Waals surface area contributed by atoms with Crippen LogP contribution in [0.15, 0.2) is 28.9 Å². The van der Waals surface area contributed by atoms with E-state index in [0.29, 0.717) is 17.4 Å². The highest BCUT2D eigenvalue weighted by Gasteiger charge is 2.28. The van der Waals surface area contributed by atoms with E-state index in [9.17, 15) is 4.79 Å². The Morgan fingerprint density at radius 1 is 1.48 bits per heavy atom. The quantitative estimate of drug-likeness (QED) is 0.929. The van der Waals surface area contributed by atoms with Gasteiger partial charge in [-0.1, -0.05) is 23.2 Å². The zero-order chi connectivity index (χ0) is 16.2. The minimum atomic E-state index is -0.0908. The van der Waals surface area contributed by atoms with Crippen molar-refractivity contribution in [2.24, 2.45) is 0 Å². The van der Waals surface area contributed by atoms with E-state index in [0.717, 1.165) is 37.3 Å². The van der Waals surface area contributed by atoms with Crippen LogP contribution in [0.4, 0.5) is 5.82 Å². The fraction of sp³-hybridized carbons (Fsp3) is 0.438. The molecular formula is C16H19ClN4O2. The molecule has 1 fully saturated rings. The first-order valence-corrected chi connectivity index (χ1v) is 8.08. The third kappa shape index (κ3) is 4.09. The van der Waals surface area contributed by atoms with Crippen molar-refractivity contribution in [3.63, 3.8) is 0 Å². The molecule has 1 N–H and O–H groups in total. The van der Waals surface area contributed by atoms with E-state index >= 15 is 0 Å². The number of nitrogens with one attached hydrogen (secondary N) is 1. The predicted octanol–water partition coefficient (Wildman–Crippen LogP) is 3.20. The Hall–Kier alpha value is -1.92. The van der Waals surface area contributed by atoms with E-state index in [1.54, 1.807) is 12.1 Å². The number of likely N-dealkylation sites (tertiary alicyclic amines) is 1. The van der Waals surface area contributed by atoms with Crippen LogP contribution in [-0.2, 0) is 4.79 Å². The molecule has 1 atom stereocenters. The second-order valence-electron chi connectivity index (χ2n) is 5.75. The summed E-state index contributed by atoms with van der Waals surface area (Å²) < 4.78 is 5.18. The van der Waals surface area contributed by atoms with Gasteiger partial charge in [0.2, 0.25) is 5.91 Å². The van der Waals surface area contributed by atoms with Crippen LogP contribution >= 0.6 is 11.6 Å². The van der Waals surface area contributed by atoms with Crippen molar-refractivity contribution < 1.29 is 9.32 Å². The van der Waals surface area contributed by atoms with Crippen molar-refractivity contribution in [3.8, 4) is 0 Å². The number of halogens is 1. The van der Waals surface area contributed by atoms with E-state index in [4.69, 9.17) is 16.1 Å². The van der Waals surface area contributed by atoms with Crippen LogP contribution in [0.2, 0.25) is 5.02 Å². The number of anilines is 1. The second kappa shape index (κ2) is 7.10. The van der Waals surface area contributed by atoms with Crippen LogP contribution in [0.1, 0.15) is 36.8 Å². The van der Waals surface area contributed by atoms with Crippen molar-refractivity contribution in [2.45, 2.75) is 32.2 Å². The maximum Gasteiger partial charge on any atom is 0.239 e. The molecule has 0 spiro atoms. The molecule has 3 rings (SSSR count). The number of aromatic nitrogens is 2. The Morgan fingerprint density at radius 3 is 3.04 bits per heavy atom. The van der Waals surface area contributed by atoms with Crippen LogP contribution < -0.4 is 5.32 Å². The average Bonchev–Trinajstić information content (AvgIpc) is 2.96. The van der Waals surface area contributed by atoms with Gasteiger partial charge in [0, 0.05) is 12.3 Å². The molecule has 1 aliphatic heterocycles. The number of rotatable bonds is 4. The molecule has 2 aromatic rings. The second-order valence-corrected chi connectivity index (χ2v) is 6.19. The molecule has 1 aliphatic rings. The fourth-order valence-corrected chi connectivity index (χ4v) is 2.99. The summed E-state index contributed by atoms with van der Waals surface area (Å²) >= 11 is 5.79. The average molecular weight is 335 g/mol. The minimum Gasteiger partial charge on any atom is -0.361 e. The molecule has 6 nitrogen and oxygen atoms in total. The van der Waals surface area contributed by atoms with Crippen LogP contribution in [0.3, 0.4) is 0 Å². The van der Waals surface area contributed by atoms with Gasteiger partial charge < -0.3 is 9.84 Å². The molecule has 2 aromatic heterocycles. The van der Waals surface area contributed by atoms with Gasteiger partial charge in [-0.25, -0.2) is 4.98 Å². The van der Waals surface area contributed by atoms with Crippen molar-refractivity contribution in [1.82, 2.24) is 15.0 Å². The Labute approximate surface area is 139 Å². The lowest BCUT2D eigenvalue weighted by Crippen LogP contribution is -2.39. The zero-order valence-electron chi connectivity index (χ0n) is 13.0. The Bertz CT molecular complexity index is 671. The highest BCUT2D eigenvalue weighted by Crippen LogP contribution is 2.30. The molecule has 0 aromatic carbocycles.